The van der Waals surface area contributed by atoms with Crippen molar-refractivity contribution in [1.82, 2.24) is 25.6 Å². The van der Waals surface area contributed by atoms with Crippen LogP contribution in [0.4, 0.5) is 0 Å². The van der Waals surface area contributed by atoms with Crippen molar-refractivity contribution in [2.75, 3.05) is 6.61 Å². The van der Waals surface area contributed by atoms with Crippen molar-refractivity contribution in [3.63, 3.8) is 0 Å². The molecule has 0 bridgehead atoms. The summed E-state index contributed by atoms with van der Waals surface area (Å²) in [7, 11) is 0. The minimum absolute atomic E-state index is 0.00560. The van der Waals surface area contributed by atoms with E-state index < -0.39 is 0 Å². The maximum absolute atomic E-state index is 13.4. The summed E-state index contributed by atoms with van der Waals surface area (Å²) in [5.41, 5.74) is 5.42. The van der Waals surface area contributed by atoms with Crippen LogP contribution in [0, 0.1) is 25.7 Å². The van der Waals surface area contributed by atoms with Gasteiger partial charge in [-0.15, -0.1) is 0 Å². The summed E-state index contributed by atoms with van der Waals surface area (Å²) in [5, 5.41) is 6.25. The summed E-state index contributed by atoms with van der Waals surface area (Å²) < 4.78 is 6.17. The molecule has 2 heterocycles. The molecule has 2 fully saturated rings. The number of ether oxygens (including phenoxy) is 1. The predicted molar refractivity (Wildman–Crippen MR) is 139 cm³/mol. The number of nitrogens with zero attached hydrogens (tertiary/aromatic N) is 2. The quantitative estimate of drug-likeness (QED) is 0.454. The van der Waals surface area contributed by atoms with E-state index in [0.29, 0.717) is 29.5 Å². The summed E-state index contributed by atoms with van der Waals surface area (Å²) in [6.07, 6.45) is 6.47. The van der Waals surface area contributed by atoms with Crippen LogP contribution in [-0.2, 0) is 4.79 Å². The molecule has 3 unspecified atom stereocenters. The first-order valence-electron chi connectivity index (χ1n) is 12.9. The third-order valence-electron chi connectivity index (χ3n) is 7.45. The highest BCUT2D eigenvalue weighted by Gasteiger charge is 2.30. The maximum atomic E-state index is 13.4. The van der Waals surface area contributed by atoms with Gasteiger partial charge < -0.3 is 20.4 Å². The third kappa shape index (κ3) is 5.08. The number of benzene rings is 1. The number of carbonyl (C=O) groups is 2. The second kappa shape index (κ2) is 9.91. The Bertz CT molecular complexity index is 1300. The lowest BCUT2D eigenvalue weighted by molar-refractivity contribution is -0.120. The van der Waals surface area contributed by atoms with Crippen LogP contribution in [0.1, 0.15) is 67.6 Å². The first kappa shape index (κ1) is 24.3. The number of aryl methyl sites for hydroxylation is 2. The molecule has 3 N–H and O–H groups in total. The number of hydrogen-bond donors (Lipinski definition) is 3. The molecule has 8 heteroatoms. The van der Waals surface area contributed by atoms with E-state index in [4.69, 9.17) is 4.74 Å². The van der Waals surface area contributed by atoms with Crippen molar-refractivity contribution in [1.29, 1.82) is 0 Å². The molecule has 2 aliphatic rings. The lowest BCUT2D eigenvalue weighted by Gasteiger charge is -2.34. The van der Waals surface area contributed by atoms with Gasteiger partial charge in [0.25, 0.3) is 5.91 Å². The molecule has 2 aliphatic carbocycles. The molecule has 0 saturated heterocycles. The van der Waals surface area contributed by atoms with Gasteiger partial charge in [-0.1, -0.05) is 18.6 Å². The highest BCUT2D eigenvalue weighted by molar-refractivity contribution is 6.09. The number of rotatable bonds is 7. The topological polar surface area (TPSA) is 109 Å². The molecule has 190 valence electrons. The molecular formula is C28H35N5O3. The van der Waals surface area contributed by atoms with Crippen LogP contribution in [0.3, 0.4) is 0 Å². The number of aromatic amines is 1. The second-order valence-electron chi connectivity index (χ2n) is 10.6. The lowest BCUT2D eigenvalue weighted by atomic mass is 9.82. The molecule has 2 amide bonds. The van der Waals surface area contributed by atoms with E-state index in [1.165, 1.54) is 19.2 Å². The molecule has 2 saturated carbocycles. The van der Waals surface area contributed by atoms with E-state index in [-0.39, 0.29) is 23.9 Å². The smallest absolute Gasteiger partial charge is 0.255 e. The number of carbonyl (C=O) groups excluding carboxylic acids is 2. The Balaban J connectivity index is 1.40. The van der Waals surface area contributed by atoms with Crippen molar-refractivity contribution < 1.29 is 14.3 Å². The van der Waals surface area contributed by atoms with E-state index in [0.717, 1.165) is 53.0 Å². The van der Waals surface area contributed by atoms with Crippen LogP contribution in [0.25, 0.3) is 22.3 Å². The number of nitrogens with one attached hydrogen (secondary N) is 3. The zero-order chi connectivity index (χ0) is 25.4. The fourth-order valence-corrected chi connectivity index (χ4v) is 5.31. The van der Waals surface area contributed by atoms with Gasteiger partial charge in [-0.3, -0.25) is 9.59 Å². The molecule has 0 radical (unpaired) electrons. The number of aromatic nitrogens is 3. The highest BCUT2D eigenvalue weighted by atomic mass is 16.5. The predicted octanol–water partition coefficient (Wildman–Crippen LogP) is 4.45. The van der Waals surface area contributed by atoms with Crippen LogP contribution >= 0.6 is 0 Å². The Hall–Kier alpha value is -3.42. The fraction of sp³-hybridized carbons (Fsp3) is 0.500. The Morgan fingerprint density at radius 2 is 1.92 bits per heavy atom. The van der Waals surface area contributed by atoms with Crippen molar-refractivity contribution in [3.05, 3.63) is 41.3 Å². The van der Waals surface area contributed by atoms with E-state index in [9.17, 15) is 9.59 Å². The lowest BCUT2D eigenvalue weighted by Crippen LogP contribution is -2.47. The average molecular weight is 490 g/mol. The van der Waals surface area contributed by atoms with Crippen LogP contribution in [-0.4, -0.2) is 45.5 Å². The molecule has 3 aromatic rings. The first-order chi connectivity index (χ1) is 17.3. The van der Waals surface area contributed by atoms with Crippen LogP contribution < -0.4 is 15.4 Å². The number of H-pyrrole nitrogens is 1. The monoisotopic (exact) mass is 489 g/mol. The van der Waals surface area contributed by atoms with E-state index in [1.807, 2.05) is 26.0 Å². The van der Waals surface area contributed by atoms with Gasteiger partial charge in [0.05, 0.1) is 17.7 Å². The van der Waals surface area contributed by atoms with Gasteiger partial charge in [0.2, 0.25) is 5.91 Å². The van der Waals surface area contributed by atoms with Gasteiger partial charge in [-0.05, 0) is 69.9 Å². The van der Waals surface area contributed by atoms with Gasteiger partial charge in [-0.25, -0.2) is 9.97 Å². The van der Waals surface area contributed by atoms with Crippen molar-refractivity contribution in [3.8, 4) is 17.0 Å². The zero-order valence-corrected chi connectivity index (χ0v) is 21.5. The highest BCUT2D eigenvalue weighted by Crippen LogP contribution is 2.37. The molecule has 0 spiro atoms. The Morgan fingerprint density at radius 3 is 2.64 bits per heavy atom. The molecular weight excluding hydrogens is 454 g/mol. The molecule has 5 rings (SSSR count). The van der Waals surface area contributed by atoms with Crippen molar-refractivity contribution in [2.24, 2.45) is 11.8 Å². The summed E-state index contributed by atoms with van der Waals surface area (Å²) >= 11 is 0. The van der Waals surface area contributed by atoms with Gasteiger partial charge >= 0.3 is 0 Å². The third-order valence-corrected chi connectivity index (χ3v) is 7.45. The second-order valence-corrected chi connectivity index (χ2v) is 10.6. The number of fused-ring (bicyclic) bond motifs is 1. The summed E-state index contributed by atoms with van der Waals surface area (Å²) in [4.78, 5) is 37.4. The van der Waals surface area contributed by atoms with E-state index >= 15 is 0 Å². The van der Waals surface area contributed by atoms with Gasteiger partial charge in [0, 0.05) is 30.3 Å². The fourth-order valence-electron chi connectivity index (χ4n) is 5.31. The Labute approximate surface area is 211 Å². The minimum Gasteiger partial charge on any atom is -0.493 e. The zero-order valence-electron chi connectivity index (χ0n) is 21.5. The number of amides is 2. The molecule has 36 heavy (non-hydrogen) atoms. The molecule has 1 aromatic carbocycles. The average Bonchev–Trinajstić information content (AvgIpc) is 3.59. The summed E-state index contributed by atoms with van der Waals surface area (Å²) in [6.45, 7) is 8.34. The Kier molecular flexibility index (Phi) is 6.69. The largest absolute Gasteiger partial charge is 0.493 e. The van der Waals surface area contributed by atoms with Gasteiger partial charge in [-0.2, -0.15) is 0 Å². The number of hydrogen-bond acceptors (Lipinski definition) is 5. The van der Waals surface area contributed by atoms with Crippen LogP contribution in [0.5, 0.6) is 5.75 Å². The van der Waals surface area contributed by atoms with E-state index in [2.05, 4.69) is 38.6 Å². The van der Waals surface area contributed by atoms with Crippen molar-refractivity contribution >= 4 is 22.8 Å². The molecule has 8 nitrogen and oxygen atoms in total. The normalized spacial score (nSPS) is 21.8. The van der Waals surface area contributed by atoms with Gasteiger partial charge in [0.15, 0.2) is 0 Å². The van der Waals surface area contributed by atoms with Crippen LogP contribution in [0.2, 0.25) is 0 Å². The standard InChI is InChI=1S/C28H35N5O3/c1-15-5-10-23(36-13-19-6-7-19)21(11-15)25-27-26(30-14-29-25)24(17(3)31-27)28(35)33-20-8-9-22(16(2)12-20)32-18(4)34/h5,10-11,14,16,19-20,22,31H,6-9,12-13H2,1-4H3,(H,32,34)(H,33,35). The summed E-state index contributed by atoms with van der Waals surface area (Å²) in [5.74, 6) is 1.60. The molecule has 2 aromatic heterocycles. The molecule has 0 aliphatic heterocycles. The molecule has 3 atom stereocenters. The van der Waals surface area contributed by atoms with E-state index in [1.54, 1.807) is 6.92 Å². The first-order valence-corrected chi connectivity index (χ1v) is 12.9. The van der Waals surface area contributed by atoms with Crippen LogP contribution in [0.15, 0.2) is 24.5 Å². The van der Waals surface area contributed by atoms with Gasteiger partial charge in [0.1, 0.15) is 23.3 Å². The SMILES string of the molecule is CC(=O)NC1CCC(NC(=O)c2c(C)[nH]c3c(-c4cc(C)ccc4OCC4CC4)ncnc23)CC1C. The Morgan fingerprint density at radius 1 is 1.11 bits per heavy atom. The maximum Gasteiger partial charge on any atom is 0.255 e. The van der Waals surface area contributed by atoms with Crippen molar-refractivity contribution in [2.45, 2.75) is 71.9 Å². The minimum atomic E-state index is -0.131. The summed E-state index contributed by atoms with van der Waals surface area (Å²) in [6, 6.07) is 6.34.